The molecule has 3 aromatic rings. The number of halogens is 1. The zero-order valence-corrected chi connectivity index (χ0v) is 22.6. The van der Waals surface area contributed by atoms with Gasteiger partial charge < -0.3 is 9.80 Å². The van der Waals surface area contributed by atoms with Crippen molar-refractivity contribution >= 4 is 40.7 Å². The lowest BCUT2D eigenvalue weighted by Gasteiger charge is -2.30. The van der Waals surface area contributed by atoms with Crippen LogP contribution in [0.5, 0.6) is 0 Å². The molecule has 0 bridgehead atoms. The van der Waals surface area contributed by atoms with Crippen LogP contribution in [0, 0.1) is 5.92 Å². The Balaban J connectivity index is 1.55. The van der Waals surface area contributed by atoms with Gasteiger partial charge in [0.2, 0.25) is 0 Å². The molecule has 2 unspecified atom stereocenters. The molecule has 6 heteroatoms. The van der Waals surface area contributed by atoms with Gasteiger partial charge in [-0.25, -0.2) is 5.01 Å². The van der Waals surface area contributed by atoms with Crippen molar-refractivity contribution in [2.45, 2.75) is 25.3 Å². The molecule has 0 N–H and O–H groups in total. The SMILES string of the molecule is CN(C)c1ccc(/C=C2\CCCC3C2=NN(C(=O)c2cccc(Cl)c2)C3c2ccc(N(C)C)cc2)cc1. The van der Waals surface area contributed by atoms with Crippen LogP contribution in [-0.2, 0) is 0 Å². The van der Waals surface area contributed by atoms with Crippen LogP contribution in [0.3, 0.4) is 0 Å². The van der Waals surface area contributed by atoms with Crippen molar-refractivity contribution in [2.75, 3.05) is 38.0 Å². The van der Waals surface area contributed by atoms with Gasteiger partial charge in [-0.1, -0.05) is 41.9 Å². The maximum atomic E-state index is 13.8. The van der Waals surface area contributed by atoms with Gasteiger partial charge in [0, 0.05) is 56.1 Å². The van der Waals surface area contributed by atoms with E-state index in [-0.39, 0.29) is 17.9 Å². The molecule has 3 aromatic carbocycles. The highest BCUT2D eigenvalue weighted by Crippen LogP contribution is 2.45. The second-order valence-corrected chi connectivity index (χ2v) is 10.7. The first-order valence-corrected chi connectivity index (χ1v) is 13.1. The van der Waals surface area contributed by atoms with Crippen molar-refractivity contribution in [2.24, 2.45) is 11.0 Å². The molecule has 1 aliphatic carbocycles. The fourth-order valence-electron chi connectivity index (χ4n) is 5.29. The molecule has 1 saturated carbocycles. The Morgan fingerprint density at radius 3 is 2.22 bits per heavy atom. The third kappa shape index (κ3) is 5.14. The maximum Gasteiger partial charge on any atom is 0.274 e. The van der Waals surface area contributed by atoms with Crippen LogP contribution in [0.2, 0.25) is 5.02 Å². The van der Waals surface area contributed by atoms with Gasteiger partial charge in [-0.3, -0.25) is 4.79 Å². The number of carbonyl (C=O) groups excluding carboxylic acids is 1. The Hall–Kier alpha value is -3.57. The predicted octanol–water partition coefficient (Wildman–Crippen LogP) is 6.91. The van der Waals surface area contributed by atoms with Gasteiger partial charge in [-0.15, -0.1) is 0 Å². The molecular formula is C31H33ClN4O. The Kier molecular flexibility index (Phi) is 7.07. The van der Waals surface area contributed by atoms with Gasteiger partial charge in [-0.05, 0) is 84.5 Å². The second-order valence-electron chi connectivity index (χ2n) is 10.2. The number of nitrogens with zero attached hydrogens (tertiary/aromatic N) is 4. The number of rotatable bonds is 5. The quantitative estimate of drug-likeness (QED) is 0.373. The topological polar surface area (TPSA) is 39.1 Å². The third-order valence-corrected chi connectivity index (χ3v) is 7.52. The Labute approximate surface area is 224 Å². The van der Waals surface area contributed by atoms with Gasteiger partial charge in [0.1, 0.15) is 0 Å². The molecular weight excluding hydrogens is 480 g/mol. The van der Waals surface area contributed by atoms with E-state index in [1.807, 2.05) is 40.3 Å². The summed E-state index contributed by atoms with van der Waals surface area (Å²) in [6.45, 7) is 0. The van der Waals surface area contributed by atoms with Crippen molar-refractivity contribution in [3.8, 4) is 0 Å². The Morgan fingerprint density at radius 2 is 1.59 bits per heavy atom. The zero-order valence-electron chi connectivity index (χ0n) is 21.9. The standard InChI is InChI=1S/C31H33ClN4O/c1-34(2)26-15-11-21(12-16-26)19-23-7-6-10-28-29(23)33-36(31(37)24-8-5-9-25(32)20-24)30(28)22-13-17-27(18-14-22)35(3)4/h5,8-9,11-20,28,30H,6-7,10H2,1-4H3/b23-19+. The predicted molar refractivity (Wildman–Crippen MR) is 155 cm³/mol. The first kappa shape index (κ1) is 25.1. The fourth-order valence-corrected chi connectivity index (χ4v) is 5.48. The Bertz CT molecular complexity index is 1340. The smallest absolute Gasteiger partial charge is 0.274 e. The third-order valence-electron chi connectivity index (χ3n) is 7.28. The minimum Gasteiger partial charge on any atom is -0.378 e. The van der Waals surface area contributed by atoms with Crippen LogP contribution < -0.4 is 9.80 Å². The average molecular weight is 513 g/mol. The number of amides is 1. The molecule has 0 spiro atoms. The number of allylic oxidation sites excluding steroid dienone is 1. The Morgan fingerprint density at radius 1 is 0.946 bits per heavy atom. The molecule has 1 aliphatic heterocycles. The maximum absolute atomic E-state index is 13.8. The first-order valence-electron chi connectivity index (χ1n) is 12.7. The van der Waals surface area contributed by atoms with Crippen molar-refractivity contribution in [1.29, 1.82) is 0 Å². The minimum atomic E-state index is -0.155. The van der Waals surface area contributed by atoms with E-state index >= 15 is 0 Å². The number of carbonyl (C=O) groups is 1. The van der Waals surface area contributed by atoms with E-state index in [0.717, 1.165) is 41.8 Å². The number of anilines is 2. The van der Waals surface area contributed by atoms with Crippen molar-refractivity contribution in [3.63, 3.8) is 0 Å². The van der Waals surface area contributed by atoms with Gasteiger partial charge in [0.25, 0.3) is 5.91 Å². The summed E-state index contributed by atoms with van der Waals surface area (Å²) in [7, 11) is 8.15. The lowest BCUT2D eigenvalue weighted by atomic mass is 9.77. The number of benzene rings is 3. The van der Waals surface area contributed by atoms with Gasteiger partial charge in [-0.2, -0.15) is 5.10 Å². The second kappa shape index (κ2) is 10.4. The number of fused-ring (bicyclic) bond motifs is 1. The highest BCUT2D eigenvalue weighted by molar-refractivity contribution is 6.31. The highest BCUT2D eigenvalue weighted by atomic mass is 35.5. The fraction of sp³-hybridized carbons (Fsp3) is 0.290. The molecule has 1 fully saturated rings. The summed E-state index contributed by atoms with van der Waals surface area (Å²) in [4.78, 5) is 18.0. The summed E-state index contributed by atoms with van der Waals surface area (Å²) in [5.41, 5.74) is 7.33. The lowest BCUT2D eigenvalue weighted by Crippen LogP contribution is -2.32. The van der Waals surface area contributed by atoms with Crippen LogP contribution >= 0.6 is 11.6 Å². The van der Waals surface area contributed by atoms with E-state index in [1.165, 1.54) is 11.3 Å². The van der Waals surface area contributed by atoms with Crippen molar-refractivity contribution < 1.29 is 4.79 Å². The molecule has 37 heavy (non-hydrogen) atoms. The molecule has 5 rings (SSSR count). The zero-order chi connectivity index (χ0) is 26.1. The van der Waals surface area contributed by atoms with E-state index in [4.69, 9.17) is 16.7 Å². The van der Waals surface area contributed by atoms with Crippen LogP contribution in [0.15, 0.2) is 83.5 Å². The van der Waals surface area contributed by atoms with Crippen LogP contribution in [0.4, 0.5) is 11.4 Å². The summed E-state index contributed by atoms with van der Waals surface area (Å²) in [6, 6.07) is 24.0. The summed E-state index contributed by atoms with van der Waals surface area (Å²) in [5.74, 6) is 0.0233. The van der Waals surface area contributed by atoms with Crippen molar-refractivity contribution in [3.05, 3.63) is 100 Å². The molecule has 1 amide bonds. The number of hydrazone groups is 1. The van der Waals surface area contributed by atoms with E-state index in [1.54, 1.807) is 17.1 Å². The van der Waals surface area contributed by atoms with E-state index in [2.05, 4.69) is 64.4 Å². The van der Waals surface area contributed by atoms with Crippen LogP contribution in [-0.4, -0.2) is 44.8 Å². The first-order chi connectivity index (χ1) is 17.8. The summed E-state index contributed by atoms with van der Waals surface area (Å²) in [5, 5.41) is 7.27. The molecule has 190 valence electrons. The monoisotopic (exact) mass is 512 g/mol. The lowest BCUT2D eigenvalue weighted by molar-refractivity contribution is 0.0681. The van der Waals surface area contributed by atoms with Crippen LogP contribution in [0.25, 0.3) is 6.08 Å². The van der Waals surface area contributed by atoms with Gasteiger partial charge in [0.05, 0.1) is 11.8 Å². The highest BCUT2D eigenvalue weighted by Gasteiger charge is 2.44. The summed E-state index contributed by atoms with van der Waals surface area (Å²) in [6.07, 6.45) is 5.26. The van der Waals surface area contributed by atoms with E-state index < -0.39 is 0 Å². The van der Waals surface area contributed by atoms with Gasteiger partial charge in [0.15, 0.2) is 0 Å². The van der Waals surface area contributed by atoms with Crippen molar-refractivity contribution in [1.82, 2.24) is 5.01 Å². The average Bonchev–Trinajstić information content (AvgIpc) is 3.29. The van der Waals surface area contributed by atoms with Gasteiger partial charge >= 0.3 is 0 Å². The molecule has 0 saturated heterocycles. The van der Waals surface area contributed by atoms with E-state index in [9.17, 15) is 4.79 Å². The number of hydrogen-bond acceptors (Lipinski definition) is 4. The van der Waals surface area contributed by atoms with E-state index in [0.29, 0.717) is 10.6 Å². The number of hydrogen-bond donors (Lipinski definition) is 0. The summed E-state index contributed by atoms with van der Waals surface area (Å²) >= 11 is 6.24. The molecule has 2 aliphatic rings. The largest absolute Gasteiger partial charge is 0.378 e. The summed E-state index contributed by atoms with van der Waals surface area (Å²) < 4.78 is 0. The minimum absolute atomic E-state index is 0.124. The molecule has 2 atom stereocenters. The molecule has 0 aromatic heterocycles. The normalized spacial score (nSPS) is 20.0. The molecule has 5 nitrogen and oxygen atoms in total. The molecule has 0 radical (unpaired) electrons. The molecule has 1 heterocycles. The van der Waals surface area contributed by atoms with Crippen LogP contribution in [0.1, 0.15) is 46.8 Å².